The van der Waals surface area contributed by atoms with Gasteiger partial charge in [-0.15, -0.1) is 0 Å². The van der Waals surface area contributed by atoms with Crippen molar-refractivity contribution in [3.05, 3.63) is 81.8 Å². The first-order chi connectivity index (χ1) is 10.2. The van der Waals surface area contributed by atoms with Gasteiger partial charge in [0.25, 0.3) is 0 Å². The van der Waals surface area contributed by atoms with E-state index in [0.717, 1.165) is 10.0 Å². The van der Waals surface area contributed by atoms with Gasteiger partial charge in [0.1, 0.15) is 0 Å². The monoisotopic (exact) mass is 340 g/mol. The molecule has 106 valence electrons. The first-order valence-electron chi connectivity index (χ1n) is 6.90. The number of halogens is 1. The summed E-state index contributed by atoms with van der Waals surface area (Å²) >= 11 is 3.54. The van der Waals surface area contributed by atoms with Gasteiger partial charge in [0.05, 0.1) is 6.04 Å². The number of nitrogens with two attached hydrogens (primary N) is 1. The number of rotatable bonds is 3. The first-order valence-corrected chi connectivity index (χ1v) is 7.69. The largest absolute Gasteiger partial charge is 0.271 e. The lowest BCUT2D eigenvalue weighted by molar-refractivity contribution is 0.634. The molecule has 3 aromatic rings. The van der Waals surface area contributed by atoms with Crippen LogP contribution >= 0.6 is 15.9 Å². The van der Waals surface area contributed by atoms with Crippen LogP contribution in [0.5, 0.6) is 0 Å². The Balaban J connectivity index is 2.11. The van der Waals surface area contributed by atoms with Crippen LogP contribution in [0.1, 0.15) is 22.7 Å². The van der Waals surface area contributed by atoms with Gasteiger partial charge in [0.2, 0.25) is 0 Å². The summed E-state index contributed by atoms with van der Waals surface area (Å²) < 4.78 is 1.06. The van der Waals surface area contributed by atoms with Crippen LogP contribution in [0.3, 0.4) is 0 Å². The van der Waals surface area contributed by atoms with Crippen molar-refractivity contribution in [3.8, 4) is 0 Å². The van der Waals surface area contributed by atoms with Gasteiger partial charge >= 0.3 is 0 Å². The summed E-state index contributed by atoms with van der Waals surface area (Å²) in [6.45, 7) is 2.10. The number of benzene rings is 3. The Kier molecular flexibility index (Phi) is 4.06. The highest BCUT2D eigenvalue weighted by Gasteiger charge is 2.15. The molecule has 0 saturated carbocycles. The van der Waals surface area contributed by atoms with Crippen molar-refractivity contribution in [2.45, 2.75) is 13.0 Å². The van der Waals surface area contributed by atoms with Gasteiger partial charge in [0, 0.05) is 4.47 Å². The van der Waals surface area contributed by atoms with E-state index in [-0.39, 0.29) is 6.04 Å². The van der Waals surface area contributed by atoms with Crippen molar-refractivity contribution < 1.29 is 0 Å². The zero-order valence-corrected chi connectivity index (χ0v) is 13.4. The molecule has 0 aliphatic heterocycles. The van der Waals surface area contributed by atoms with Crippen LogP contribution in [0, 0.1) is 6.92 Å². The molecule has 0 spiro atoms. The van der Waals surface area contributed by atoms with Crippen LogP contribution in [0.25, 0.3) is 10.8 Å². The quantitative estimate of drug-likeness (QED) is 0.545. The van der Waals surface area contributed by atoms with Crippen molar-refractivity contribution in [2.24, 2.45) is 5.84 Å². The van der Waals surface area contributed by atoms with E-state index in [0.29, 0.717) is 0 Å². The Labute approximate surface area is 133 Å². The Bertz CT molecular complexity index is 783. The van der Waals surface area contributed by atoms with Gasteiger partial charge in [-0.2, -0.15) is 0 Å². The SMILES string of the molecule is Cc1ccc(Br)cc1C(NN)c1ccc2ccccc2c1. The van der Waals surface area contributed by atoms with Crippen molar-refractivity contribution >= 4 is 26.7 Å². The van der Waals surface area contributed by atoms with Crippen LogP contribution in [0.2, 0.25) is 0 Å². The van der Waals surface area contributed by atoms with Gasteiger partial charge in [-0.05, 0) is 52.6 Å². The molecule has 0 fully saturated rings. The Morgan fingerprint density at radius 1 is 0.952 bits per heavy atom. The van der Waals surface area contributed by atoms with E-state index in [4.69, 9.17) is 5.84 Å². The zero-order chi connectivity index (χ0) is 14.8. The molecule has 0 saturated heterocycles. The van der Waals surface area contributed by atoms with Crippen molar-refractivity contribution in [3.63, 3.8) is 0 Å². The molecule has 0 heterocycles. The lowest BCUT2D eigenvalue weighted by atomic mass is 9.94. The maximum absolute atomic E-state index is 5.83. The number of aryl methyl sites for hydroxylation is 1. The Morgan fingerprint density at radius 2 is 1.71 bits per heavy atom. The van der Waals surface area contributed by atoms with Gasteiger partial charge < -0.3 is 0 Å². The number of nitrogens with one attached hydrogen (secondary N) is 1. The minimum Gasteiger partial charge on any atom is -0.271 e. The summed E-state index contributed by atoms with van der Waals surface area (Å²) in [5.41, 5.74) is 6.51. The maximum atomic E-state index is 5.83. The third-order valence-corrected chi connectivity index (χ3v) is 4.32. The molecule has 3 aromatic carbocycles. The van der Waals surface area contributed by atoms with E-state index in [1.807, 2.05) is 6.07 Å². The van der Waals surface area contributed by atoms with Crippen molar-refractivity contribution in [1.82, 2.24) is 5.43 Å². The predicted molar refractivity (Wildman–Crippen MR) is 92.0 cm³/mol. The van der Waals surface area contributed by atoms with Crippen LogP contribution in [-0.2, 0) is 0 Å². The molecule has 0 aliphatic rings. The van der Waals surface area contributed by atoms with Gasteiger partial charge in [-0.25, -0.2) is 5.43 Å². The van der Waals surface area contributed by atoms with E-state index >= 15 is 0 Å². The second-order valence-corrected chi connectivity index (χ2v) is 6.12. The van der Waals surface area contributed by atoms with Crippen LogP contribution in [0.4, 0.5) is 0 Å². The molecule has 0 aromatic heterocycles. The second kappa shape index (κ2) is 5.98. The average Bonchev–Trinajstić information content (AvgIpc) is 2.51. The average molecular weight is 341 g/mol. The minimum absolute atomic E-state index is 0.0212. The van der Waals surface area contributed by atoms with E-state index in [1.165, 1.54) is 21.9 Å². The number of hydrogen-bond donors (Lipinski definition) is 2. The molecular weight excluding hydrogens is 324 g/mol. The van der Waals surface area contributed by atoms with Crippen molar-refractivity contribution in [2.75, 3.05) is 0 Å². The van der Waals surface area contributed by atoms with Crippen LogP contribution in [-0.4, -0.2) is 0 Å². The smallest absolute Gasteiger partial charge is 0.0713 e. The third-order valence-electron chi connectivity index (χ3n) is 3.83. The molecule has 0 bridgehead atoms. The fraction of sp³-hybridized carbons (Fsp3) is 0.111. The summed E-state index contributed by atoms with van der Waals surface area (Å²) in [7, 11) is 0. The lowest BCUT2D eigenvalue weighted by Crippen LogP contribution is -2.29. The zero-order valence-electron chi connectivity index (χ0n) is 11.8. The molecule has 0 radical (unpaired) electrons. The predicted octanol–water partition coefficient (Wildman–Crippen LogP) is 4.46. The molecule has 21 heavy (non-hydrogen) atoms. The molecule has 3 rings (SSSR count). The Morgan fingerprint density at radius 3 is 2.48 bits per heavy atom. The number of hydrazine groups is 1. The number of hydrogen-bond acceptors (Lipinski definition) is 2. The summed E-state index contributed by atoms with van der Waals surface area (Å²) in [6.07, 6.45) is 0. The van der Waals surface area contributed by atoms with E-state index in [2.05, 4.69) is 82.9 Å². The summed E-state index contributed by atoms with van der Waals surface area (Å²) in [6, 6.07) is 21.1. The van der Waals surface area contributed by atoms with Gasteiger partial charge in [0.15, 0.2) is 0 Å². The molecule has 1 unspecified atom stereocenters. The standard InChI is InChI=1S/C18H17BrN2/c1-12-6-9-16(19)11-17(12)18(21-20)15-8-7-13-4-2-3-5-14(13)10-15/h2-11,18,21H,20H2,1H3. The lowest BCUT2D eigenvalue weighted by Gasteiger charge is -2.20. The van der Waals surface area contributed by atoms with Crippen LogP contribution < -0.4 is 11.3 Å². The highest BCUT2D eigenvalue weighted by atomic mass is 79.9. The summed E-state index contributed by atoms with van der Waals surface area (Å²) in [4.78, 5) is 0. The maximum Gasteiger partial charge on any atom is 0.0713 e. The summed E-state index contributed by atoms with van der Waals surface area (Å²) in [5.74, 6) is 5.83. The highest BCUT2D eigenvalue weighted by Crippen LogP contribution is 2.29. The second-order valence-electron chi connectivity index (χ2n) is 5.21. The molecule has 0 amide bonds. The molecule has 1 atom stereocenters. The number of fused-ring (bicyclic) bond motifs is 1. The summed E-state index contributed by atoms with van der Waals surface area (Å²) in [5, 5.41) is 2.46. The fourth-order valence-corrected chi connectivity index (χ4v) is 3.05. The third kappa shape index (κ3) is 2.86. The van der Waals surface area contributed by atoms with E-state index in [1.54, 1.807) is 0 Å². The molecule has 0 aliphatic carbocycles. The van der Waals surface area contributed by atoms with E-state index < -0.39 is 0 Å². The molecule has 3 N–H and O–H groups in total. The van der Waals surface area contributed by atoms with Crippen molar-refractivity contribution in [1.29, 1.82) is 0 Å². The molecular formula is C18H17BrN2. The van der Waals surface area contributed by atoms with E-state index in [9.17, 15) is 0 Å². The highest BCUT2D eigenvalue weighted by molar-refractivity contribution is 9.10. The van der Waals surface area contributed by atoms with Gasteiger partial charge in [-0.3, -0.25) is 5.84 Å². The molecule has 3 heteroatoms. The minimum atomic E-state index is -0.0212. The Hall–Kier alpha value is -1.68. The van der Waals surface area contributed by atoms with Gasteiger partial charge in [-0.1, -0.05) is 58.4 Å². The molecule has 2 nitrogen and oxygen atoms in total. The van der Waals surface area contributed by atoms with Crippen LogP contribution in [0.15, 0.2) is 65.1 Å². The fourth-order valence-electron chi connectivity index (χ4n) is 2.68. The normalized spacial score (nSPS) is 12.5. The topological polar surface area (TPSA) is 38.0 Å². The first kappa shape index (κ1) is 14.3.